The Kier molecular flexibility index (Phi) is 4.17. The number of hydrogen-bond acceptors (Lipinski definition) is 2. The van der Waals surface area contributed by atoms with Crippen molar-refractivity contribution in [3.05, 3.63) is 0 Å². The fraction of sp³-hybridized carbons (Fsp3) is 1.00. The number of rotatable bonds is 4. The van der Waals surface area contributed by atoms with E-state index in [1.54, 1.807) is 0 Å². The van der Waals surface area contributed by atoms with Crippen molar-refractivity contribution < 1.29 is 5.11 Å². The van der Waals surface area contributed by atoms with Gasteiger partial charge < -0.3 is 10.4 Å². The zero-order chi connectivity index (χ0) is 11.6. The Morgan fingerprint density at radius 2 is 1.36 bits per heavy atom. The third kappa shape index (κ3) is 8.52. The summed E-state index contributed by atoms with van der Waals surface area (Å²) >= 11 is 0. The van der Waals surface area contributed by atoms with E-state index >= 15 is 0 Å². The van der Waals surface area contributed by atoms with Crippen LogP contribution in [0, 0.1) is 5.41 Å². The maximum atomic E-state index is 9.62. The molecule has 0 aliphatic heterocycles. The molecule has 2 heteroatoms. The van der Waals surface area contributed by atoms with Crippen LogP contribution in [0.15, 0.2) is 0 Å². The lowest BCUT2D eigenvalue weighted by Gasteiger charge is -2.35. The average molecular weight is 201 g/mol. The minimum Gasteiger partial charge on any atom is -0.389 e. The number of hydrogen-bond donors (Lipinski definition) is 2. The van der Waals surface area contributed by atoms with Gasteiger partial charge in [-0.1, -0.05) is 20.8 Å². The van der Waals surface area contributed by atoms with Crippen LogP contribution in [-0.2, 0) is 0 Å². The predicted octanol–water partition coefficient (Wildman–Crippen LogP) is 2.56. The maximum absolute atomic E-state index is 9.62. The minimum absolute atomic E-state index is 0.0816. The number of aliphatic hydroxyl groups is 1. The van der Waals surface area contributed by atoms with Gasteiger partial charge in [0.25, 0.3) is 0 Å². The van der Waals surface area contributed by atoms with Gasteiger partial charge in [-0.3, -0.25) is 0 Å². The van der Waals surface area contributed by atoms with Gasteiger partial charge in [-0.05, 0) is 39.5 Å². The molecule has 0 aromatic carbocycles. The van der Waals surface area contributed by atoms with Gasteiger partial charge >= 0.3 is 0 Å². The third-order valence-corrected chi connectivity index (χ3v) is 1.97. The van der Waals surface area contributed by atoms with Crippen molar-refractivity contribution >= 4 is 0 Å². The molecular formula is C12H27NO. The summed E-state index contributed by atoms with van der Waals surface area (Å²) in [6.45, 7) is 15.4. The van der Waals surface area contributed by atoms with Gasteiger partial charge in [0.15, 0.2) is 0 Å². The van der Waals surface area contributed by atoms with Crippen LogP contribution in [0.25, 0.3) is 0 Å². The summed E-state index contributed by atoms with van der Waals surface area (Å²) in [7, 11) is 0. The second-order valence-electron chi connectivity index (χ2n) is 6.79. The summed E-state index contributed by atoms with van der Waals surface area (Å²) in [6, 6.07) is 0. The zero-order valence-electron chi connectivity index (χ0n) is 10.9. The van der Waals surface area contributed by atoms with E-state index in [0.29, 0.717) is 12.0 Å². The highest BCUT2D eigenvalue weighted by atomic mass is 16.3. The molecule has 14 heavy (non-hydrogen) atoms. The molecule has 0 atom stereocenters. The molecule has 0 spiro atoms. The summed E-state index contributed by atoms with van der Waals surface area (Å²) < 4.78 is 0. The van der Waals surface area contributed by atoms with Crippen LogP contribution < -0.4 is 5.32 Å². The highest BCUT2D eigenvalue weighted by molar-refractivity contribution is 4.85. The van der Waals surface area contributed by atoms with Crippen LogP contribution in [0.3, 0.4) is 0 Å². The number of β-amino-alcohol motifs (C(OH)–C–C–N with tert-alkyl or cyclic N) is 1. The van der Waals surface area contributed by atoms with Gasteiger partial charge in [-0.15, -0.1) is 0 Å². The Morgan fingerprint density at radius 1 is 0.929 bits per heavy atom. The second-order valence-corrected chi connectivity index (χ2v) is 6.79. The molecule has 2 nitrogen and oxygen atoms in total. The summed E-state index contributed by atoms with van der Waals surface area (Å²) in [5, 5.41) is 13.0. The van der Waals surface area contributed by atoms with Crippen LogP contribution in [0.2, 0.25) is 0 Å². The summed E-state index contributed by atoms with van der Waals surface area (Å²) in [5.74, 6) is 0. The van der Waals surface area contributed by atoms with E-state index in [9.17, 15) is 5.11 Å². The van der Waals surface area contributed by atoms with Crippen molar-refractivity contribution in [2.24, 2.45) is 5.41 Å². The van der Waals surface area contributed by atoms with Crippen LogP contribution >= 0.6 is 0 Å². The minimum atomic E-state index is -0.630. The zero-order valence-corrected chi connectivity index (χ0v) is 10.9. The first-order chi connectivity index (χ1) is 5.91. The highest BCUT2D eigenvalue weighted by Gasteiger charge is 2.26. The van der Waals surface area contributed by atoms with Gasteiger partial charge in [0.2, 0.25) is 0 Å². The molecule has 0 aliphatic rings. The molecule has 0 aromatic rings. The molecule has 0 saturated heterocycles. The molecule has 2 N–H and O–H groups in total. The van der Waals surface area contributed by atoms with Gasteiger partial charge in [-0.25, -0.2) is 0 Å². The molecule has 86 valence electrons. The Labute approximate surface area is 89.1 Å². The largest absolute Gasteiger partial charge is 0.389 e. The number of nitrogens with one attached hydrogen (secondary N) is 1. The van der Waals surface area contributed by atoms with Crippen LogP contribution in [0.5, 0.6) is 0 Å². The molecule has 0 rings (SSSR count). The molecular weight excluding hydrogens is 174 g/mol. The van der Waals surface area contributed by atoms with Crippen molar-refractivity contribution in [3.63, 3.8) is 0 Å². The third-order valence-electron chi connectivity index (χ3n) is 1.97. The van der Waals surface area contributed by atoms with Crippen molar-refractivity contribution in [2.45, 2.75) is 66.0 Å². The lowest BCUT2D eigenvalue weighted by atomic mass is 9.81. The molecule has 0 heterocycles. The van der Waals surface area contributed by atoms with Crippen molar-refractivity contribution in [2.75, 3.05) is 6.54 Å². The monoisotopic (exact) mass is 201 g/mol. The molecule has 0 amide bonds. The van der Waals surface area contributed by atoms with Gasteiger partial charge in [0, 0.05) is 12.1 Å². The van der Waals surface area contributed by atoms with Crippen LogP contribution in [0.1, 0.15) is 54.9 Å². The second kappa shape index (κ2) is 4.19. The highest BCUT2D eigenvalue weighted by Crippen LogP contribution is 2.26. The van der Waals surface area contributed by atoms with Gasteiger partial charge in [0.05, 0.1) is 5.60 Å². The lowest BCUT2D eigenvalue weighted by Crippen LogP contribution is -2.48. The van der Waals surface area contributed by atoms with E-state index in [2.05, 4.69) is 39.9 Å². The first-order valence-electron chi connectivity index (χ1n) is 5.39. The van der Waals surface area contributed by atoms with Gasteiger partial charge in [-0.2, -0.15) is 0 Å². The van der Waals surface area contributed by atoms with E-state index < -0.39 is 5.60 Å². The van der Waals surface area contributed by atoms with Crippen molar-refractivity contribution in [3.8, 4) is 0 Å². The Bertz CT molecular complexity index is 172. The summed E-state index contributed by atoms with van der Waals surface area (Å²) in [6.07, 6.45) is 1.09. The molecule has 0 radical (unpaired) electrons. The molecule has 0 aliphatic carbocycles. The Morgan fingerprint density at radius 3 is 1.64 bits per heavy atom. The maximum Gasteiger partial charge on any atom is 0.0715 e. The SMILES string of the molecule is CC(C)(C)CC(C)(C)NCC(C)(C)O. The molecule has 0 fully saturated rings. The van der Waals surface area contributed by atoms with E-state index in [1.165, 1.54) is 0 Å². The van der Waals surface area contributed by atoms with E-state index in [-0.39, 0.29) is 5.54 Å². The van der Waals surface area contributed by atoms with E-state index in [1.807, 2.05) is 13.8 Å². The normalized spacial score (nSPS) is 14.6. The van der Waals surface area contributed by atoms with Gasteiger partial charge in [0.1, 0.15) is 0 Å². The standard InChI is InChI=1S/C12H27NO/c1-10(2,3)8-11(4,5)13-9-12(6,7)14/h13-14H,8-9H2,1-7H3. The van der Waals surface area contributed by atoms with Crippen LogP contribution in [0.4, 0.5) is 0 Å². The first-order valence-corrected chi connectivity index (χ1v) is 5.39. The quantitative estimate of drug-likeness (QED) is 0.732. The molecule has 0 unspecified atom stereocenters. The fourth-order valence-corrected chi connectivity index (χ4v) is 1.84. The summed E-state index contributed by atoms with van der Waals surface area (Å²) in [5.41, 5.74) is -0.233. The summed E-state index contributed by atoms with van der Waals surface area (Å²) in [4.78, 5) is 0. The van der Waals surface area contributed by atoms with Crippen molar-refractivity contribution in [1.29, 1.82) is 0 Å². The fourth-order valence-electron chi connectivity index (χ4n) is 1.84. The Hall–Kier alpha value is -0.0800. The van der Waals surface area contributed by atoms with Crippen molar-refractivity contribution in [1.82, 2.24) is 5.32 Å². The smallest absolute Gasteiger partial charge is 0.0715 e. The molecule has 0 aromatic heterocycles. The topological polar surface area (TPSA) is 32.3 Å². The average Bonchev–Trinajstić information content (AvgIpc) is 1.76. The molecule has 0 bridgehead atoms. The van der Waals surface area contributed by atoms with E-state index in [0.717, 1.165) is 6.42 Å². The van der Waals surface area contributed by atoms with Crippen LogP contribution in [-0.4, -0.2) is 22.8 Å². The predicted molar refractivity (Wildman–Crippen MR) is 62.5 cm³/mol. The molecule has 0 saturated carbocycles. The Balaban J connectivity index is 4.09. The van der Waals surface area contributed by atoms with E-state index in [4.69, 9.17) is 0 Å². The first kappa shape index (κ1) is 13.9. The lowest BCUT2D eigenvalue weighted by molar-refractivity contribution is 0.0668.